The average Bonchev–Trinajstić information content (AvgIpc) is 3.18. The number of hydrogen-bond donors (Lipinski definition) is 3. The number of carbonyl (C=O) groups is 3. The molecule has 0 saturated carbocycles. The van der Waals surface area contributed by atoms with Crippen molar-refractivity contribution in [3.63, 3.8) is 0 Å². The van der Waals surface area contributed by atoms with Gasteiger partial charge in [-0.25, -0.2) is 4.79 Å². The van der Waals surface area contributed by atoms with Crippen molar-refractivity contribution in [1.82, 2.24) is 15.5 Å². The third-order valence-corrected chi connectivity index (χ3v) is 7.53. The number of rotatable bonds is 7. The fourth-order valence-corrected chi connectivity index (χ4v) is 5.82. The number of hydrogen-bond acceptors (Lipinski definition) is 5. The van der Waals surface area contributed by atoms with Gasteiger partial charge in [0.05, 0.1) is 6.42 Å². The molecule has 2 aliphatic heterocycles. The van der Waals surface area contributed by atoms with Gasteiger partial charge in [-0.1, -0.05) is 48.5 Å². The van der Waals surface area contributed by atoms with E-state index < -0.39 is 30.4 Å². The van der Waals surface area contributed by atoms with Gasteiger partial charge in [-0.3, -0.25) is 9.59 Å². The number of piperidine rings is 2. The monoisotopic (exact) mass is 477 g/mol. The van der Waals surface area contributed by atoms with Gasteiger partial charge in [0.1, 0.15) is 12.6 Å². The van der Waals surface area contributed by atoms with Crippen LogP contribution in [0, 0.1) is 5.92 Å². The maximum absolute atomic E-state index is 13.0. The standard InChI is InChI=1S/C27H31N3O5/c31-25(32)14-24(26(33)28-23-11-13-30-12-5-6-17(23)15-30)29-27(34)35-16-22-20-9-3-1-7-18(20)19-8-2-4-10-21(19)22/h1-4,7-10,17,22-24H,5-6,11-16H2,(H,28,33)(H,29,34)(H,31,32). The molecule has 5 rings (SSSR count). The van der Waals surface area contributed by atoms with E-state index in [1.54, 1.807) is 0 Å². The second-order valence-electron chi connectivity index (χ2n) is 9.73. The summed E-state index contributed by atoms with van der Waals surface area (Å²) >= 11 is 0. The van der Waals surface area contributed by atoms with Crippen LogP contribution < -0.4 is 10.6 Å². The van der Waals surface area contributed by atoms with Crippen LogP contribution in [0.15, 0.2) is 48.5 Å². The van der Waals surface area contributed by atoms with Crippen molar-refractivity contribution in [3.8, 4) is 11.1 Å². The minimum absolute atomic E-state index is 0.000317. The highest BCUT2D eigenvalue weighted by molar-refractivity contribution is 5.89. The summed E-state index contributed by atoms with van der Waals surface area (Å²) < 4.78 is 5.53. The Hall–Kier alpha value is -3.39. The highest BCUT2D eigenvalue weighted by atomic mass is 16.5. The van der Waals surface area contributed by atoms with Crippen molar-refractivity contribution < 1.29 is 24.2 Å². The van der Waals surface area contributed by atoms with Gasteiger partial charge in [-0.2, -0.15) is 0 Å². The van der Waals surface area contributed by atoms with Crippen LogP contribution in [-0.2, 0) is 14.3 Å². The predicted octanol–water partition coefficient (Wildman–Crippen LogP) is 2.97. The normalized spacial score (nSPS) is 23.5. The number of carbonyl (C=O) groups excluding carboxylic acids is 2. The maximum Gasteiger partial charge on any atom is 0.407 e. The van der Waals surface area contributed by atoms with Crippen LogP contribution in [0.2, 0.25) is 0 Å². The molecule has 2 aromatic rings. The summed E-state index contributed by atoms with van der Waals surface area (Å²) in [7, 11) is 0. The van der Waals surface area contributed by atoms with E-state index in [2.05, 4.69) is 27.7 Å². The molecule has 0 spiro atoms. The molecular formula is C27H31N3O5. The van der Waals surface area contributed by atoms with E-state index in [0.29, 0.717) is 5.92 Å². The summed E-state index contributed by atoms with van der Waals surface area (Å²) in [6.45, 7) is 3.07. The minimum atomic E-state index is -1.19. The number of carboxylic acid groups (broad SMARTS) is 1. The van der Waals surface area contributed by atoms with Crippen molar-refractivity contribution in [1.29, 1.82) is 0 Å². The zero-order valence-electron chi connectivity index (χ0n) is 19.6. The Kier molecular flexibility index (Phi) is 6.72. The number of nitrogens with one attached hydrogen (secondary N) is 2. The first-order valence-corrected chi connectivity index (χ1v) is 12.4. The molecule has 4 unspecified atom stereocenters. The lowest BCUT2D eigenvalue weighted by molar-refractivity contribution is -0.140. The molecule has 3 N–H and O–H groups in total. The van der Waals surface area contributed by atoms with Crippen molar-refractivity contribution in [2.75, 3.05) is 26.2 Å². The molecule has 8 heteroatoms. The largest absolute Gasteiger partial charge is 0.481 e. The van der Waals surface area contributed by atoms with Crippen LogP contribution in [-0.4, -0.2) is 66.3 Å². The lowest BCUT2D eigenvalue weighted by Crippen LogP contribution is -2.57. The summed E-state index contributed by atoms with van der Waals surface area (Å²) in [4.78, 5) is 39.5. The number of aliphatic carboxylic acids is 1. The molecule has 3 aliphatic rings. The highest BCUT2D eigenvalue weighted by Gasteiger charge is 2.35. The summed E-state index contributed by atoms with van der Waals surface area (Å²) in [5, 5.41) is 14.8. The molecule has 1 aliphatic carbocycles. The molecule has 2 bridgehead atoms. The molecule has 184 valence electrons. The van der Waals surface area contributed by atoms with E-state index in [1.807, 2.05) is 36.4 Å². The van der Waals surface area contributed by atoms with Crippen LogP contribution in [0.1, 0.15) is 42.7 Å². The Balaban J connectivity index is 1.21. The van der Waals surface area contributed by atoms with E-state index >= 15 is 0 Å². The fourth-order valence-electron chi connectivity index (χ4n) is 5.82. The van der Waals surface area contributed by atoms with Gasteiger partial charge < -0.3 is 25.4 Å². The Morgan fingerprint density at radius 2 is 1.69 bits per heavy atom. The first-order valence-electron chi connectivity index (χ1n) is 12.4. The molecule has 2 amide bonds. The number of benzene rings is 2. The minimum Gasteiger partial charge on any atom is -0.481 e. The molecule has 0 aromatic heterocycles. The Morgan fingerprint density at radius 3 is 2.37 bits per heavy atom. The Morgan fingerprint density at radius 1 is 1.00 bits per heavy atom. The first-order chi connectivity index (χ1) is 17.0. The second kappa shape index (κ2) is 10.1. The van der Waals surface area contributed by atoms with Gasteiger partial charge in [-0.15, -0.1) is 0 Å². The molecular weight excluding hydrogens is 446 g/mol. The molecule has 2 heterocycles. The topological polar surface area (TPSA) is 108 Å². The van der Waals surface area contributed by atoms with E-state index in [0.717, 1.165) is 61.2 Å². The number of alkyl carbamates (subject to hydrolysis) is 1. The summed E-state index contributed by atoms with van der Waals surface area (Å²) in [5.74, 6) is -1.38. The Bertz CT molecular complexity index is 1070. The molecule has 4 atom stereocenters. The zero-order valence-corrected chi connectivity index (χ0v) is 19.6. The third-order valence-electron chi connectivity index (χ3n) is 7.53. The van der Waals surface area contributed by atoms with Crippen molar-refractivity contribution in [2.45, 2.75) is 43.7 Å². The molecule has 35 heavy (non-hydrogen) atoms. The third kappa shape index (κ3) is 5.03. The fraction of sp³-hybridized carbons (Fsp3) is 0.444. The van der Waals surface area contributed by atoms with Crippen molar-refractivity contribution in [2.24, 2.45) is 5.92 Å². The number of ether oxygens (including phenoxy) is 1. The zero-order chi connectivity index (χ0) is 24.4. The van der Waals surface area contributed by atoms with Crippen LogP contribution in [0.25, 0.3) is 11.1 Å². The van der Waals surface area contributed by atoms with Crippen molar-refractivity contribution >= 4 is 18.0 Å². The van der Waals surface area contributed by atoms with Gasteiger partial charge in [0, 0.05) is 25.0 Å². The molecule has 2 saturated heterocycles. The molecule has 0 radical (unpaired) electrons. The van der Waals surface area contributed by atoms with E-state index in [9.17, 15) is 19.5 Å². The summed E-state index contributed by atoms with van der Waals surface area (Å²) in [6, 6.07) is 14.9. The number of nitrogens with zero attached hydrogens (tertiary/aromatic N) is 1. The Labute approximate surface area is 204 Å². The van der Waals surface area contributed by atoms with Gasteiger partial charge >= 0.3 is 12.1 Å². The van der Waals surface area contributed by atoms with Crippen LogP contribution in [0.4, 0.5) is 4.79 Å². The number of carboxylic acids is 1. The summed E-state index contributed by atoms with van der Waals surface area (Å²) in [6.07, 6.45) is 1.69. The van der Waals surface area contributed by atoms with Gasteiger partial charge in [-0.05, 0) is 54.0 Å². The van der Waals surface area contributed by atoms with E-state index in [1.165, 1.54) is 0 Å². The van der Waals surface area contributed by atoms with Crippen LogP contribution >= 0.6 is 0 Å². The number of amides is 2. The van der Waals surface area contributed by atoms with E-state index in [4.69, 9.17) is 4.74 Å². The maximum atomic E-state index is 13.0. The summed E-state index contributed by atoms with van der Waals surface area (Å²) in [5.41, 5.74) is 4.41. The van der Waals surface area contributed by atoms with Crippen LogP contribution in [0.3, 0.4) is 0 Å². The average molecular weight is 478 g/mol. The second-order valence-corrected chi connectivity index (χ2v) is 9.73. The smallest absolute Gasteiger partial charge is 0.407 e. The predicted molar refractivity (Wildman–Crippen MR) is 130 cm³/mol. The van der Waals surface area contributed by atoms with Crippen LogP contribution in [0.5, 0.6) is 0 Å². The van der Waals surface area contributed by atoms with Gasteiger partial charge in [0.15, 0.2) is 0 Å². The molecule has 2 fully saturated rings. The number of fused-ring (bicyclic) bond motifs is 5. The van der Waals surface area contributed by atoms with Crippen molar-refractivity contribution in [3.05, 3.63) is 59.7 Å². The first kappa shape index (κ1) is 23.4. The quantitative estimate of drug-likeness (QED) is 0.566. The molecule has 8 nitrogen and oxygen atoms in total. The highest BCUT2D eigenvalue weighted by Crippen LogP contribution is 2.44. The van der Waals surface area contributed by atoms with Gasteiger partial charge in [0.25, 0.3) is 0 Å². The van der Waals surface area contributed by atoms with Gasteiger partial charge in [0.2, 0.25) is 5.91 Å². The molecule has 2 aromatic carbocycles. The lowest BCUT2D eigenvalue weighted by atomic mass is 9.85. The lowest BCUT2D eigenvalue weighted by Gasteiger charge is -2.43. The SMILES string of the molecule is O=C(O)CC(NC(=O)OCC1c2ccccc2-c2ccccc21)C(=O)NC1CCN2CCCC1C2. The van der Waals surface area contributed by atoms with E-state index in [-0.39, 0.29) is 18.6 Å².